The molecule has 1 aromatic carbocycles. The van der Waals surface area contributed by atoms with E-state index in [0.29, 0.717) is 13.1 Å². The number of fused-ring (bicyclic) bond motifs is 1. The highest BCUT2D eigenvalue weighted by atomic mass is 32.1. The van der Waals surface area contributed by atoms with Crippen molar-refractivity contribution in [2.75, 3.05) is 13.1 Å². The first-order valence-electron chi connectivity index (χ1n) is 6.90. The van der Waals surface area contributed by atoms with Crippen molar-refractivity contribution < 1.29 is 14.3 Å². The third-order valence-electron chi connectivity index (χ3n) is 3.15. The van der Waals surface area contributed by atoms with Crippen LogP contribution in [0.2, 0.25) is 0 Å². The SMILES string of the molecule is CC(C)(C)OC(=O)N1CC(Oc2cccc3sncc23)C1. The topological polar surface area (TPSA) is 51.7 Å². The number of rotatable bonds is 2. The Kier molecular flexibility index (Phi) is 3.49. The molecule has 0 spiro atoms. The van der Waals surface area contributed by atoms with Gasteiger partial charge in [0, 0.05) is 0 Å². The Bertz CT molecular complexity index is 656. The number of aromatic nitrogens is 1. The van der Waals surface area contributed by atoms with E-state index >= 15 is 0 Å². The van der Waals surface area contributed by atoms with E-state index in [1.54, 1.807) is 4.90 Å². The molecule has 1 aliphatic rings. The molecular weight excluding hydrogens is 288 g/mol. The highest BCUT2D eigenvalue weighted by Gasteiger charge is 2.35. The normalized spacial score (nSPS) is 15.9. The zero-order valence-electron chi connectivity index (χ0n) is 12.3. The number of ether oxygens (including phenoxy) is 2. The Morgan fingerprint density at radius 1 is 1.38 bits per heavy atom. The molecule has 1 amide bonds. The van der Waals surface area contributed by atoms with Crippen molar-refractivity contribution in [3.05, 3.63) is 24.4 Å². The van der Waals surface area contributed by atoms with Crippen molar-refractivity contribution in [2.24, 2.45) is 0 Å². The van der Waals surface area contributed by atoms with Crippen molar-refractivity contribution in [2.45, 2.75) is 32.5 Å². The first-order valence-corrected chi connectivity index (χ1v) is 7.68. The number of amides is 1. The third-order valence-corrected chi connectivity index (χ3v) is 3.92. The molecule has 1 saturated heterocycles. The van der Waals surface area contributed by atoms with Gasteiger partial charge in [-0.3, -0.25) is 0 Å². The van der Waals surface area contributed by atoms with E-state index in [2.05, 4.69) is 4.37 Å². The molecule has 1 fully saturated rings. The zero-order valence-corrected chi connectivity index (χ0v) is 13.1. The molecule has 3 rings (SSSR count). The molecule has 0 radical (unpaired) electrons. The van der Waals surface area contributed by atoms with Crippen LogP contribution in [0, 0.1) is 0 Å². The van der Waals surface area contributed by atoms with Crippen molar-refractivity contribution in [3.63, 3.8) is 0 Å². The summed E-state index contributed by atoms with van der Waals surface area (Å²) in [5.74, 6) is 0.829. The Hall–Kier alpha value is -1.82. The largest absolute Gasteiger partial charge is 0.486 e. The number of nitrogens with zero attached hydrogens (tertiary/aromatic N) is 2. The van der Waals surface area contributed by atoms with E-state index < -0.39 is 5.60 Å². The smallest absolute Gasteiger partial charge is 0.410 e. The second-order valence-electron chi connectivity index (χ2n) is 6.12. The molecule has 6 heteroatoms. The Balaban J connectivity index is 1.58. The van der Waals surface area contributed by atoms with Crippen molar-refractivity contribution >= 4 is 27.7 Å². The van der Waals surface area contributed by atoms with Crippen LogP contribution in [0.5, 0.6) is 5.75 Å². The van der Waals surface area contributed by atoms with Gasteiger partial charge in [0.05, 0.1) is 29.4 Å². The van der Waals surface area contributed by atoms with Crippen LogP contribution < -0.4 is 4.74 Å². The molecule has 2 heterocycles. The van der Waals surface area contributed by atoms with E-state index in [4.69, 9.17) is 9.47 Å². The highest BCUT2D eigenvalue weighted by Crippen LogP contribution is 2.30. The van der Waals surface area contributed by atoms with E-state index in [-0.39, 0.29) is 12.2 Å². The second kappa shape index (κ2) is 5.18. The van der Waals surface area contributed by atoms with E-state index in [1.165, 1.54) is 11.5 Å². The number of carbonyl (C=O) groups excluding carboxylic acids is 1. The van der Waals surface area contributed by atoms with Gasteiger partial charge in [-0.2, -0.15) is 4.37 Å². The zero-order chi connectivity index (χ0) is 15.0. The molecule has 21 heavy (non-hydrogen) atoms. The predicted octanol–water partition coefficient (Wildman–Crippen LogP) is 3.29. The lowest BCUT2D eigenvalue weighted by atomic mass is 10.1. The fraction of sp³-hybridized carbons (Fsp3) is 0.467. The maximum atomic E-state index is 11.8. The van der Waals surface area contributed by atoms with Gasteiger partial charge in [-0.05, 0) is 44.4 Å². The maximum Gasteiger partial charge on any atom is 0.410 e. The Labute approximate surface area is 127 Å². The summed E-state index contributed by atoms with van der Waals surface area (Å²) in [5.41, 5.74) is -0.461. The minimum Gasteiger partial charge on any atom is -0.486 e. The molecule has 0 aliphatic carbocycles. The quantitative estimate of drug-likeness (QED) is 0.854. The lowest BCUT2D eigenvalue weighted by molar-refractivity contribution is -0.0217. The van der Waals surface area contributed by atoms with Gasteiger partial charge in [-0.15, -0.1) is 0 Å². The number of likely N-dealkylation sites (tertiary alicyclic amines) is 1. The summed E-state index contributed by atoms with van der Waals surface area (Å²) in [6, 6.07) is 5.92. The van der Waals surface area contributed by atoms with Crippen LogP contribution in [0.15, 0.2) is 24.4 Å². The molecule has 112 valence electrons. The van der Waals surface area contributed by atoms with Crippen LogP contribution in [-0.4, -0.2) is 40.2 Å². The van der Waals surface area contributed by atoms with Gasteiger partial charge in [0.2, 0.25) is 0 Å². The Morgan fingerprint density at radius 3 is 2.86 bits per heavy atom. The molecule has 2 aromatic rings. The molecule has 0 atom stereocenters. The van der Waals surface area contributed by atoms with Crippen LogP contribution in [0.3, 0.4) is 0 Å². The average molecular weight is 306 g/mol. The van der Waals surface area contributed by atoms with Gasteiger partial charge in [0.25, 0.3) is 0 Å². The number of carbonyl (C=O) groups is 1. The fourth-order valence-corrected chi connectivity index (χ4v) is 2.80. The molecule has 0 saturated carbocycles. The first kappa shape index (κ1) is 14.1. The highest BCUT2D eigenvalue weighted by molar-refractivity contribution is 7.13. The Morgan fingerprint density at radius 2 is 2.14 bits per heavy atom. The standard InChI is InChI=1S/C15H18N2O3S/c1-15(2,3)20-14(18)17-8-10(9-17)19-12-5-4-6-13-11(12)7-16-21-13/h4-7,10H,8-9H2,1-3H3. The van der Waals surface area contributed by atoms with Crippen LogP contribution in [0.4, 0.5) is 4.79 Å². The van der Waals surface area contributed by atoms with Crippen molar-refractivity contribution in [1.29, 1.82) is 0 Å². The first-order chi connectivity index (χ1) is 9.92. The van der Waals surface area contributed by atoms with Gasteiger partial charge in [0.15, 0.2) is 0 Å². The summed E-state index contributed by atoms with van der Waals surface area (Å²) >= 11 is 1.45. The monoisotopic (exact) mass is 306 g/mol. The number of hydrogen-bond donors (Lipinski definition) is 0. The van der Waals surface area contributed by atoms with Crippen LogP contribution in [-0.2, 0) is 4.74 Å². The summed E-state index contributed by atoms with van der Waals surface area (Å²) in [6.45, 7) is 6.71. The van der Waals surface area contributed by atoms with Gasteiger partial charge in [0.1, 0.15) is 17.5 Å². The average Bonchev–Trinajstić information content (AvgIpc) is 2.79. The second-order valence-corrected chi connectivity index (χ2v) is 6.95. The van der Waals surface area contributed by atoms with E-state index in [1.807, 2.05) is 45.2 Å². The molecule has 5 nitrogen and oxygen atoms in total. The third kappa shape index (κ3) is 3.10. The summed E-state index contributed by atoms with van der Waals surface area (Å²) in [4.78, 5) is 13.5. The van der Waals surface area contributed by atoms with Crippen LogP contribution >= 0.6 is 11.5 Å². The van der Waals surface area contributed by atoms with Gasteiger partial charge < -0.3 is 14.4 Å². The molecule has 0 N–H and O–H groups in total. The maximum absolute atomic E-state index is 11.8. The fourth-order valence-electron chi connectivity index (χ4n) is 2.14. The minimum absolute atomic E-state index is 0.0167. The molecule has 1 aromatic heterocycles. The minimum atomic E-state index is -0.461. The summed E-state index contributed by atoms with van der Waals surface area (Å²) in [7, 11) is 0. The van der Waals surface area contributed by atoms with Gasteiger partial charge >= 0.3 is 6.09 Å². The van der Waals surface area contributed by atoms with Crippen LogP contribution in [0.1, 0.15) is 20.8 Å². The molecule has 1 aliphatic heterocycles. The summed E-state index contributed by atoms with van der Waals surface area (Å²) in [5, 5.41) is 1.03. The summed E-state index contributed by atoms with van der Waals surface area (Å²) < 4.78 is 16.6. The lowest BCUT2D eigenvalue weighted by Gasteiger charge is -2.39. The molecule has 0 unspecified atom stereocenters. The van der Waals surface area contributed by atoms with Crippen molar-refractivity contribution in [1.82, 2.24) is 9.27 Å². The summed E-state index contributed by atoms with van der Waals surface area (Å²) in [6.07, 6.45) is 1.56. The lowest BCUT2D eigenvalue weighted by Crippen LogP contribution is -2.57. The van der Waals surface area contributed by atoms with Crippen molar-refractivity contribution in [3.8, 4) is 5.75 Å². The molecular formula is C15H18N2O3S. The molecule has 0 bridgehead atoms. The van der Waals surface area contributed by atoms with E-state index in [9.17, 15) is 4.79 Å². The number of hydrogen-bond acceptors (Lipinski definition) is 5. The van der Waals surface area contributed by atoms with Crippen LogP contribution in [0.25, 0.3) is 10.1 Å². The predicted molar refractivity (Wildman–Crippen MR) is 81.8 cm³/mol. The van der Waals surface area contributed by atoms with Gasteiger partial charge in [-0.1, -0.05) is 6.07 Å². The van der Waals surface area contributed by atoms with Gasteiger partial charge in [-0.25, -0.2) is 4.79 Å². The van der Waals surface area contributed by atoms with E-state index in [0.717, 1.165) is 15.8 Å². The number of benzene rings is 1.